The lowest BCUT2D eigenvalue weighted by Crippen LogP contribution is -2.54. The van der Waals surface area contributed by atoms with Crippen LogP contribution in [-0.2, 0) is 14.3 Å². The Labute approximate surface area is 127 Å². The fraction of sp³-hybridized carbons (Fsp3) is 0.875. The number of ether oxygens (including phenoxy) is 1. The van der Waals surface area contributed by atoms with Crippen LogP contribution in [0.1, 0.15) is 46.0 Å². The Morgan fingerprint density at radius 1 is 1.33 bits per heavy atom. The number of carbonyl (C=O) groups excluding carboxylic acids is 2. The number of amides is 1. The molecule has 2 heterocycles. The van der Waals surface area contributed by atoms with Crippen LogP contribution in [0.4, 0.5) is 0 Å². The summed E-state index contributed by atoms with van der Waals surface area (Å²) in [5, 5.41) is 3.36. The Hall–Kier alpha value is -1.10. The summed E-state index contributed by atoms with van der Waals surface area (Å²) >= 11 is 0. The second-order valence-electron chi connectivity index (χ2n) is 6.26. The first-order chi connectivity index (χ1) is 10.1. The van der Waals surface area contributed by atoms with Crippen molar-refractivity contribution in [3.63, 3.8) is 0 Å². The first-order valence-corrected chi connectivity index (χ1v) is 8.29. The third kappa shape index (κ3) is 3.57. The molecule has 2 unspecified atom stereocenters. The Bertz CT molecular complexity index is 378. The van der Waals surface area contributed by atoms with E-state index in [4.69, 9.17) is 4.74 Å². The second-order valence-corrected chi connectivity index (χ2v) is 6.26. The number of nitrogens with zero attached hydrogens (tertiary/aromatic N) is 1. The molecule has 120 valence electrons. The molecule has 0 aliphatic carbocycles. The van der Waals surface area contributed by atoms with Gasteiger partial charge in [0.25, 0.3) is 0 Å². The number of rotatable bonds is 4. The van der Waals surface area contributed by atoms with Gasteiger partial charge in [-0.05, 0) is 45.6 Å². The topological polar surface area (TPSA) is 58.6 Å². The number of nitrogens with one attached hydrogen (secondary N) is 1. The summed E-state index contributed by atoms with van der Waals surface area (Å²) in [5.41, 5.74) is -0.269. The van der Waals surface area contributed by atoms with Gasteiger partial charge in [0.1, 0.15) is 0 Å². The fourth-order valence-electron chi connectivity index (χ4n) is 3.55. The van der Waals surface area contributed by atoms with Gasteiger partial charge in [-0.1, -0.05) is 6.92 Å². The first-order valence-electron chi connectivity index (χ1n) is 8.29. The quantitative estimate of drug-likeness (QED) is 0.800. The number of carbonyl (C=O) groups is 2. The van der Waals surface area contributed by atoms with E-state index in [9.17, 15) is 9.59 Å². The minimum Gasteiger partial charge on any atom is -0.466 e. The normalized spacial score (nSPS) is 30.0. The molecule has 5 nitrogen and oxygen atoms in total. The minimum atomic E-state index is -0.269. The molecule has 0 aromatic carbocycles. The number of piperidine rings is 2. The Balaban J connectivity index is 2.02. The van der Waals surface area contributed by atoms with Crippen molar-refractivity contribution in [1.29, 1.82) is 0 Å². The maximum absolute atomic E-state index is 13.0. The molecule has 2 rings (SSSR count). The Morgan fingerprint density at radius 2 is 2.14 bits per heavy atom. The third-order valence-electron chi connectivity index (χ3n) is 4.93. The van der Waals surface area contributed by atoms with E-state index in [2.05, 4.69) is 12.2 Å². The van der Waals surface area contributed by atoms with Crippen LogP contribution in [0.3, 0.4) is 0 Å². The number of hydrogen-bond acceptors (Lipinski definition) is 4. The van der Waals surface area contributed by atoms with Crippen LogP contribution in [0, 0.1) is 11.3 Å². The van der Waals surface area contributed by atoms with E-state index in [-0.39, 0.29) is 23.2 Å². The van der Waals surface area contributed by atoms with Crippen LogP contribution in [0.5, 0.6) is 0 Å². The Morgan fingerprint density at radius 3 is 2.76 bits per heavy atom. The predicted molar refractivity (Wildman–Crippen MR) is 80.8 cm³/mol. The fourth-order valence-corrected chi connectivity index (χ4v) is 3.55. The molecule has 2 atom stereocenters. The molecule has 2 aliphatic rings. The smallest absolute Gasteiger partial charge is 0.310 e. The zero-order valence-electron chi connectivity index (χ0n) is 13.3. The van der Waals surface area contributed by atoms with Crippen LogP contribution in [0.15, 0.2) is 0 Å². The summed E-state index contributed by atoms with van der Waals surface area (Å²) in [7, 11) is 0. The third-order valence-corrected chi connectivity index (χ3v) is 4.93. The average Bonchev–Trinajstić information content (AvgIpc) is 2.55. The summed E-state index contributed by atoms with van der Waals surface area (Å²) in [5.74, 6) is -0.0679. The largest absolute Gasteiger partial charge is 0.466 e. The summed E-state index contributed by atoms with van der Waals surface area (Å²) in [4.78, 5) is 26.8. The van der Waals surface area contributed by atoms with Crippen LogP contribution < -0.4 is 5.32 Å². The van der Waals surface area contributed by atoms with E-state index in [1.807, 2.05) is 11.8 Å². The van der Waals surface area contributed by atoms with Gasteiger partial charge in [0.15, 0.2) is 0 Å². The highest BCUT2D eigenvalue weighted by atomic mass is 16.5. The van der Waals surface area contributed by atoms with Crippen molar-refractivity contribution in [3.05, 3.63) is 0 Å². The van der Waals surface area contributed by atoms with Gasteiger partial charge in [0.2, 0.25) is 5.91 Å². The zero-order valence-corrected chi connectivity index (χ0v) is 13.3. The minimum absolute atomic E-state index is 0.145. The van der Waals surface area contributed by atoms with Crippen molar-refractivity contribution in [2.24, 2.45) is 11.3 Å². The van der Waals surface area contributed by atoms with E-state index in [1.165, 1.54) is 0 Å². The molecule has 5 heteroatoms. The average molecular weight is 296 g/mol. The van der Waals surface area contributed by atoms with Crippen LogP contribution in [-0.4, -0.2) is 49.6 Å². The molecule has 2 aliphatic heterocycles. The summed E-state index contributed by atoms with van der Waals surface area (Å²) in [6.45, 7) is 7.40. The molecule has 2 saturated heterocycles. The number of hydrogen-bond donors (Lipinski definition) is 1. The molecule has 0 spiro atoms. The van der Waals surface area contributed by atoms with Gasteiger partial charge in [0, 0.05) is 19.6 Å². The molecule has 0 aromatic heterocycles. The molecule has 21 heavy (non-hydrogen) atoms. The molecular formula is C16H28N2O3. The van der Waals surface area contributed by atoms with Gasteiger partial charge in [0.05, 0.1) is 17.9 Å². The molecule has 1 N–H and O–H groups in total. The van der Waals surface area contributed by atoms with Crippen molar-refractivity contribution >= 4 is 11.9 Å². The molecule has 2 fully saturated rings. The lowest BCUT2D eigenvalue weighted by Gasteiger charge is -2.42. The summed E-state index contributed by atoms with van der Waals surface area (Å²) < 4.78 is 5.12. The van der Waals surface area contributed by atoms with Gasteiger partial charge in [-0.2, -0.15) is 0 Å². The van der Waals surface area contributed by atoms with E-state index < -0.39 is 0 Å². The highest BCUT2D eigenvalue weighted by molar-refractivity contribution is 5.84. The van der Waals surface area contributed by atoms with Crippen molar-refractivity contribution < 1.29 is 14.3 Å². The van der Waals surface area contributed by atoms with Gasteiger partial charge in [-0.25, -0.2) is 0 Å². The molecule has 0 radical (unpaired) electrons. The standard InChI is InChI=1S/C16H28N2O3/c1-3-16(8-6-9-17-12-16)15(20)18-10-5-7-13(11-18)14(19)21-4-2/h13,17H,3-12H2,1-2H3. The molecular weight excluding hydrogens is 268 g/mol. The van der Waals surface area contributed by atoms with Gasteiger partial charge >= 0.3 is 5.97 Å². The zero-order chi connectivity index (χ0) is 15.3. The van der Waals surface area contributed by atoms with Gasteiger partial charge in [-0.15, -0.1) is 0 Å². The van der Waals surface area contributed by atoms with Crippen molar-refractivity contribution in [3.8, 4) is 0 Å². The van der Waals surface area contributed by atoms with Crippen molar-refractivity contribution in [2.75, 3.05) is 32.8 Å². The van der Waals surface area contributed by atoms with Crippen molar-refractivity contribution in [1.82, 2.24) is 10.2 Å². The molecule has 0 saturated carbocycles. The van der Waals surface area contributed by atoms with E-state index in [1.54, 1.807) is 0 Å². The predicted octanol–water partition coefficient (Wildman–Crippen LogP) is 1.57. The highest BCUT2D eigenvalue weighted by Gasteiger charge is 2.42. The maximum atomic E-state index is 13.0. The number of esters is 1. The summed E-state index contributed by atoms with van der Waals surface area (Å²) in [6, 6.07) is 0. The summed E-state index contributed by atoms with van der Waals surface area (Å²) in [6.07, 6.45) is 4.59. The van der Waals surface area contributed by atoms with Gasteiger partial charge in [-0.3, -0.25) is 9.59 Å². The van der Waals surface area contributed by atoms with Crippen LogP contribution in [0.25, 0.3) is 0 Å². The SMILES string of the molecule is CCOC(=O)C1CCCN(C(=O)C2(CC)CCCNC2)C1. The lowest BCUT2D eigenvalue weighted by atomic mass is 9.76. The van der Waals surface area contributed by atoms with E-state index in [0.717, 1.165) is 51.7 Å². The lowest BCUT2D eigenvalue weighted by molar-refractivity contribution is -0.154. The van der Waals surface area contributed by atoms with Gasteiger partial charge < -0.3 is 15.0 Å². The van der Waals surface area contributed by atoms with E-state index in [0.29, 0.717) is 13.2 Å². The van der Waals surface area contributed by atoms with Crippen molar-refractivity contribution in [2.45, 2.75) is 46.0 Å². The maximum Gasteiger partial charge on any atom is 0.310 e. The number of likely N-dealkylation sites (tertiary alicyclic amines) is 1. The van der Waals surface area contributed by atoms with Crippen LogP contribution >= 0.6 is 0 Å². The molecule has 0 bridgehead atoms. The molecule has 1 amide bonds. The van der Waals surface area contributed by atoms with E-state index >= 15 is 0 Å². The second kappa shape index (κ2) is 7.25. The monoisotopic (exact) mass is 296 g/mol. The molecule has 0 aromatic rings. The highest BCUT2D eigenvalue weighted by Crippen LogP contribution is 2.34. The Kier molecular flexibility index (Phi) is 5.62. The van der Waals surface area contributed by atoms with Crippen LogP contribution in [0.2, 0.25) is 0 Å². The first kappa shape index (κ1) is 16.3.